The van der Waals surface area contributed by atoms with Crippen LogP contribution in [0.15, 0.2) is 0 Å². The Labute approximate surface area is 67.1 Å². The fourth-order valence-electron chi connectivity index (χ4n) is 1.44. The molecule has 1 atom stereocenters. The maximum Gasteiger partial charge on any atom is 0.127 e. The number of ether oxygens (including phenoxy) is 1. The first-order chi connectivity index (χ1) is 5.33. The van der Waals surface area contributed by atoms with E-state index in [2.05, 4.69) is 5.32 Å². The summed E-state index contributed by atoms with van der Waals surface area (Å²) in [6, 6.07) is 0. The van der Waals surface area contributed by atoms with Gasteiger partial charge in [0.2, 0.25) is 0 Å². The highest BCUT2D eigenvalue weighted by atomic mass is 16.5. The molecule has 0 bridgehead atoms. The van der Waals surface area contributed by atoms with Gasteiger partial charge in [-0.3, -0.25) is 0 Å². The third-order valence-corrected chi connectivity index (χ3v) is 2.33. The largest absolute Gasteiger partial charge is 0.385 e. The van der Waals surface area contributed by atoms with Crippen molar-refractivity contribution in [3.8, 4) is 0 Å². The summed E-state index contributed by atoms with van der Waals surface area (Å²) in [5.41, 5.74) is -0.129. The molecule has 0 aromatic heterocycles. The Morgan fingerprint density at radius 3 is 3.00 bits per heavy atom. The van der Waals surface area contributed by atoms with E-state index in [-0.39, 0.29) is 5.41 Å². The van der Waals surface area contributed by atoms with E-state index in [4.69, 9.17) is 4.74 Å². The molecule has 1 rings (SSSR count). The average molecular weight is 157 g/mol. The number of carbonyl (C=O) groups is 1. The number of rotatable bonds is 4. The van der Waals surface area contributed by atoms with E-state index in [1.807, 2.05) is 0 Å². The fraction of sp³-hybridized carbons (Fsp3) is 0.875. The maximum absolute atomic E-state index is 10.7. The van der Waals surface area contributed by atoms with Crippen molar-refractivity contribution in [1.29, 1.82) is 0 Å². The highest BCUT2D eigenvalue weighted by Crippen LogP contribution is 2.26. The molecule has 0 aromatic carbocycles. The predicted molar refractivity (Wildman–Crippen MR) is 42.5 cm³/mol. The lowest BCUT2D eigenvalue weighted by atomic mass is 9.86. The van der Waals surface area contributed by atoms with Gasteiger partial charge in [0.15, 0.2) is 0 Å². The van der Waals surface area contributed by atoms with E-state index in [1.54, 1.807) is 7.11 Å². The van der Waals surface area contributed by atoms with Crippen LogP contribution in [0.5, 0.6) is 0 Å². The molecule has 1 heterocycles. The lowest BCUT2D eigenvalue weighted by Gasteiger charge is -2.19. The minimum atomic E-state index is -0.129. The summed E-state index contributed by atoms with van der Waals surface area (Å²) in [5.74, 6) is 0. The second kappa shape index (κ2) is 3.83. The minimum absolute atomic E-state index is 0.129. The standard InChI is InChI=1S/C8H15NO2/c1-11-5-3-8(7-10)2-4-9-6-8/h7,9H,2-6H2,1H3. The summed E-state index contributed by atoms with van der Waals surface area (Å²) in [6.45, 7) is 2.46. The van der Waals surface area contributed by atoms with Crippen molar-refractivity contribution in [3.05, 3.63) is 0 Å². The summed E-state index contributed by atoms with van der Waals surface area (Å²) in [4.78, 5) is 10.7. The van der Waals surface area contributed by atoms with Crippen molar-refractivity contribution in [1.82, 2.24) is 5.32 Å². The van der Waals surface area contributed by atoms with Crippen molar-refractivity contribution in [2.45, 2.75) is 12.8 Å². The van der Waals surface area contributed by atoms with Gasteiger partial charge in [-0.05, 0) is 19.4 Å². The molecule has 0 saturated carbocycles. The average Bonchev–Trinajstić information content (AvgIpc) is 2.50. The Morgan fingerprint density at radius 2 is 2.55 bits per heavy atom. The molecule has 0 aliphatic carbocycles. The van der Waals surface area contributed by atoms with Crippen LogP contribution in [0, 0.1) is 5.41 Å². The van der Waals surface area contributed by atoms with Gasteiger partial charge < -0.3 is 14.8 Å². The lowest BCUT2D eigenvalue weighted by Crippen LogP contribution is -2.27. The Balaban J connectivity index is 2.39. The van der Waals surface area contributed by atoms with E-state index >= 15 is 0 Å². The van der Waals surface area contributed by atoms with Crippen LogP contribution in [0.3, 0.4) is 0 Å². The van der Waals surface area contributed by atoms with Gasteiger partial charge in [0.25, 0.3) is 0 Å². The van der Waals surface area contributed by atoms with Gasteiger partial charge >= 0.3 is 0 Å². The van der Waals surface area contributed by atoms with Crippen molar-refractivity contribution < 1.29 is 9.53 Å². The monoisotopic (exact) mass is 157 g/mol. The van der Waals surface area contributed by atoms with Crippen molar-refractivity contribution in [2.75, 3.05) is 26.8 Å². The summed E-state index contributed by atoms with van der Waals surface area (Å²) >= 11 is 0. The summed E-state index contributed by atoms with van der Waals surface area (Å²) in [6.07, 6.45) is 2.88. The first kappa shape index (κ1) is 8.68. The SMILES string of the molecule is COCCC1(C=O)CCNC1. The molecule has 1 saturated heterocycles. The predicted octanol–water partition coefficient (Wildman–Crippen LogP) is 0.201. The van der Waals surface area contributed by atoms with E-state index in [9.17, 15) is 4.79 Å². The van der Waals surface area contributed by atoms with Gasteiger partial charge in [-0.15, -0.1) is 0 Å². The van der Waals surface area contributed by atoms with Crippen LogP contribution in [-0.2, 0) is 9.53 Å². The molecule has 3 nitrogen and oxygen atoms in total. The fourth-order valence-corrected chi connectivity index (χ4v) is 1.44. The van der Waals surface area contributed by atoms with Crippen molar-refractivity contribution in [3.63, 3.8) is 0 Å². The maximum atomic E-state index is 10.7. The number of hydrogen-bond donors (Lipinski definition) is 1. The first-order valence-electron chi connectivity index (χ1n) is 3.99. The molecule has 3 heteroatoms. The Kier molecular flexibility index (Phi) is 3.02. The molecule has 1 unspecified atom stereocenters. The second-order valence-corrected chi connectivity index (χ2v) is 3.15. The molecule has 0 amide bonds. The zero-order valence-corrected chi connectivity index (χ0v) is 6.93. The van der Waals surface area contributed by atoms with Crippen LogP contribution in [0.4, 0.5) is 0 Å². The lowest BCUT2D eigenvalue weighted by molar-refractivity contribution is -0.116. The first-order valence-corrected chi connectivity index (χ1v) is 3.99. The van der Waals surface area contributed by atoms with Gasteiger partial charge in [-0.2, -0.15) is 0 Å². The number of nitrogens with one attached hydrogen (secondary N) is 1. The summed E-state index contributed by atoms with van der Waals surface area (Å²) < 4.78 is 4.94. The molecular weight excluding hydrogens is 142 g/mol. The van der Waals surface area contributed by atoms with Crippen LogP contribution >= 0.6 is 0 Å². The van der Waals surface area contributed by atoms with Gasteiger partial charge in [0.1, 0.15) is 6.29 Å². The Morgan fingerprint density at radius 1 is 1.73 bits per heavy atom. The molecule has 0 radical (unpaired) electrons. The smallest absolute Gasteiger partial charge is 0.127 e. The van der Waals surface area contributed by atoms with Crippen molar-refractivity contribution in [2.24, 2.45) is 5.41 Å². The molecule has 1 aliphatic rings. The number of carbonyl (C=O) groups excluding carboxylic acids is 1. The molecule has 64 valence electrons. The van der Waals surface area contributed by atoms with Gasteiger partial charge in [0, 0.05) is 25.7 Å². The molecule has 1 aliphatic heterocycles. The topological polar surface area (TPSA) is 38.3 Å². The summed E-state index contributed by atoms with van der Waals surface area (Å²) in [5, 5.41) is 3.19. The molecule has 1 N–H and O–H groups in total. The van der Waals surface area contributed by atoms with Crippen molar-refractivity contribution >= 4 is 6.29 Å². The number of methoxy groups -OCH3 is 1. The van der Waals surface area contributed by atoms with Crippen LogP contribution in [-0.4, -0.2) is 33.1 Å². The number of hydrogen-bond acceptors (Lipinski definition) is 3. The highest BCUT2D eigenvalue weighted by Gasteiger charge is 2.32. The Bertz CT molecular complexity index is 130. The normalized spacial score (nSPS) is 30.6. The van der Waals surface area contributed by atoms with Gasteiger partial charge in [0.05, 0.1) is 0 Å². The zero-order chi connectivity index (χ0) is 8.16. The Hall–Kier alpha value is -0.410. The van der Waals surface area contributed by atoms with Crippen LogP contribution in [0.2, 0.25) is 0 Å². The van der Waals surface area contributed by atoms with Gasteiger partial charge in [-0.25, -0.2) is 0 Å². The third kappa shape index (κ3) is 2.01. The summed E-state index contributed by atoms with van der Waals surface area (Å²) in [7, 11) is 1.67. The van der Waals surface area contributed by atoms with Crippen LogP contribution in [0.25, 0.3) is 0 Å². The molecule has 0 aromatic rings. The number of aldehydes is 1. The zero-order valence-electron chi connectivity index (χ0n) is 6.93. The molecule has 0 spiro atoms. The molecular formula is C8H15NO2. The van der Waals surface area contributed by atoms with E-state index < -0.39 is 0 Å². The third-order valence-electron chi connectivity index (χ3n) is 2.33. The highest BCUT2D eigenvalue weighted by molar-refractivity contribution is 5.60. The molecule has 11 heavy (non-hydrogen) atoms. The van der Waals surface area contributed by atoms with E-state index in [1.165, 1.54) is 0 Å². The van der Waals surface area contributed by atoms with E-state index in [0.29, 0.717) is 6.61 Å². The van der Waals surface area contributed by atoms with Crippen LogP contribution in [0.1, 0.15) is 12.8 Å². The quantitative estimate of drug-likeness (QED) is 0.592. The van der Waals surface area contributed by atoms with Gasteiger partial charge in [-0.1, -0.05) is 0 Å². The molecule has 1 fully saturated rings. The van der Waals surface area contributed by atoms with E-state index in [0.717, 1.165) is 32.2 Å². The second-order valence-electron chi connectivity index (χ2n) is 3.15. The van der Waals surface area contributed by atoms with Crippen LogP contribution < -0.4 is 5.32 Å². The minimum Gasteiger partial charge on any atom is -0.385 e.